The Morgan fingerprint density at radius 1 is 1.21 bits per heavy atom. The number of likely N-dealkylation sites (N-methyl/N-ethyl adjacent to an activating group) is 1. The lowest BCUT2D eigenvalue weighted by Gasteiger charge is -2.17. The molecule has 5 nitrogen and oxygen atoms in total. The molecule has 0 aliphatic heterocycles. The van der Waals surface area contributed by atoms with Crippen molar-refractivity contribution in [3.63, 3.8) is 0 Å². The average Bonchev–Trinajstić information content (AvgIpc) is 2.86. The number of oxazole rings is 1. The van der Waals surface area contributed by atoms with Crippen LogP contribution in [0.4, 0.5) is 8.78 Å². The fraction of sp³-hybridized carbons (Fsp3) is 0.176. The van der Waals surface area contributed by atoms with Crippen molar-refractivity contribution in [2.45, 2.75) is 13.1 Å². The number of para-hydroxylation sites is 2. The summed E-state index contributed by atoms with van der Waals surface area (Å²) in [5.74, 6) is -2.43. The van der Waals surface area contributed by atoms with Gasteiger partial charge in [-0.15, -0.1) is 0 Å². The van der Waals surface area contributed by atoms with Gasteiger partial charge in [0.2, 0.25) is 5.91 Å². The number of carbonyl (C=O) groups excluding carboxylic acids is 1. The maximum Gasteiger partial charge on any atom is 0.420 e. The molecule has 0 saturated carbocycles. The standard InChI is InChI=1S/C17H14F2N2O3/c1-20(9-11-6-7-12(18)8-13(11)19)16(22)10-21-14-4-2-3-5-15(14)24-17(21)23/h2-8H,9-10H2,1H3. The summed E-state index contributed by atoms with van der Waals surface area (Å²) in [4.78, 5) is 25.5. The number of carbonyl (C=O) groups is 1. The van der Waals surface area contributed by atoms with Gasteiger partial charge >= 0.3 is 5.76 Å². The molecule has 0 aliphatic rings. The van der Waals surface area contributed by atoms with E-state index in [1.807, 2.05) is 0 Å². The minimum Gasteiger partial charge on any atom is -0.408 e. The molecule has 3 aromatic rings. The summed E-state index contributed by atoms with van der Waals surface area (Å²) >= 11 is 0. The SMILES string of the molecule is CN(Cc1ccc(F)cc1F)C(=O)Cn1c(=O)oc2ccccc21. The van der Waals surface area contributed by atoms with Crippen LogP contribution in [-0.2, 0) is 17.9 Å². The lowest BCUT2D eigenvalue weighted by atomic mass is 10.2. The van der Waals surface area contributed by atoms with Gasteiger partial charge in [-0.05, 0) is 18.2 Å². The summed E-state index contributed by atoms with van der Waals surface area (Å²) in [5.41, 5.74) is 1.09. The second-order valence-electron chi connectivity index (χ2n) is 5.41. The largest absolute Gasteiger partial charge is 0.420 e. The average molecular weight is 332 g/mol. The number of hydrogen-bond donors (Lipinski definition) is 0. The van der Waals surface area contributed by atoms with Crippen LogP contribution in [0.1, 0.15) is 5.56 Å². The quantitative estimate of drug-likeness (QED) is 0.738. The minimum absolute atomic E-state index is 0.0323. The molecule has 0 aliphatic carbocycles. The Hall–Kier alpha value is -2.96. The first-order chi connectivity index (χ1) is 11.5. The van der Waals surface area contributed by atoms with Gasteiger partial charge in [-0.1, -0.05) is 18.2 Å². The molecule has 1 aromatic heterocycles. The number of halogens is 2. The molecule has 0 bridgehead atoms. The van der Waals surface area contributed by atoms with Crippen LogP contribution in [0.2, 0.25) is 0 Å². The third-order valence-corrected chi connectivity index (χ3v) is 3.72. The summed E-state index contributed by atoms with van der Waals surface area (Å²) in [5, 5.41) is 0. The molecular weight excluding hydrogens is 318 g/mol. The zero-order valence-electron chi connectivity index (χ0n) is 12.8. The zero-order valence-corrected chi connectivity index (χ0v) is 12.8. The van der Waals surface area contributed by atoms with Crippen LogP contribution in [0.25, 0.3) is 11.1 Å². The summed E-state index contributed by atoms with van der Waals surface area (Å²) in [6.07, 6.45) is 0. The molecule has 0 N–H and O–H groups in total. The van der Waals surface area contributed by atoms with Crippen LogP contribution in [0.3, 0.4) is 0 Å². The number of rotatable bonds is 4. The highest BCUT2D eigenvalue weighted by atomic mass is 19.1. The maximum absolute atomic E-state index is 13.7. The number of fused-ring (bicyclic) bond motifs is 1. The maximum atomic E-state index is 13.7. The van der Waals surface area contributed by atoms with Crippen molar-refractivity contribution in [2.75, 3.05) is 7.05 Å². The zero-order chi connectivity index (χ0) is 17.3. The van der Waals surface area contributed by atoms with Gasteiger partial charge in [-0.25, -0.2) is 13.6 Å². The molecule has 0 saturated heterocycles. The van der Waals surface area contributed by atoms with Crippen molar-refractivity contribution in [3.8, 4) is 0 Å². The fourth-order valence-electron chi connectivity index (χ4n) is 2.41. The highest BCUT2D eigenvalue weighted by Gasteiger charge is 2.16. The topological polar surface area (TPSA) is 55.5 Å². The monoisotopic (exact) mass is 332 g/mol. The van der Waals surface area contributed by atoms with Crippen molar-refractivity contribution in [1.82, 2.24) is 9.47 Å². The van der Waals surface area contributed by atoms with E-state index in [2.05, 4.69) is 0 Å². The molecule has 1 heterocycles. The van der Waals surface area contributed by atoms with Crippen molar-refractivity contribution >= 4 is 17.0 Å². The normalized spacial score (nSPS) is 11.0. The molecule has 0 spiro atoms. The Bertz CT molecular complexity index is 962. The van der Waals surface area contributed by atoms with Crippen LogP contribution < -0.4 is 5.76 Å². The van der Waals surface area contributed by atoms with E-state index >= 15 is 0 Å². The van der Waals surface area contributed by atoms with Crippen molar-refractivity contribution in [2.24, 2.45) is 0 Å². The van der Waals surface area contributed by atoms with Gasteiger partial charge in [0, 0.05) is 25.2 Å². The molecule has 7 heteroatoms. The van der Waals surface area contributed by atoms with Crippen molar-refractivity contribution in [3.05, 3.63) is 70.2 Å². The number of aromatic nitrogens is 1. The number of amides is 1. The third-order valence-electron chi connectivity index (χ3n) is 3.72. The van der Waals surface area contributed by atoms with E-state index in [-0.39, 0.29) is 18.7 Å². The van der Waals surface area contributed by atoms with Gasteiger partial charge in [0.25, 0.3) is 0 Å². The molecule has 0 radical (unpaired) electrons. The van der Waals surface area contributed by atoms with E-state index in [0.29, 0.717) is 11.1 Å². The molecule has 24 heavy (non-hydrogen) atoms. The molecule has 0 unspecified atom stereocenters. The van der Waals surface area contributed by atoms with Gasteiger partial charge in [0.1, 0.15) is 18.2 Å². The van der Waals surface area contributed by atoms with E-state index in [9.17, 15) is 18.4 Å². The summed E-state index contributed by atoms with van der Waals surface area (Å²) < 4.78 is 32.9. The van der Waals surface area contributed by atoms with Gasteiger partial charge in [-0.2, -0.15) is 0 Å². The van der Waals surface area contributed by atoms with E-state index in [1.165, 1.54) is 22.6 Å². The Morgan fingerprint density at radius 3 is 2.71 bits per heavy atom. The van der Waals surface area contributed by atoms with Gasteiger partial charge in [0.05, 0.1) is 5.52 Å². The molecular formula is C17H14F2N2O3. The van der Waals surface area contributed by atoms with Gasteiger partial charge in [-0.3, -0.25) is 9.36 Å². The molecule has 1 amide bonds. The van der Waals surface area contributed by atoms with Crippen LogP contribution in [-0.4, -0.2) is 22.4 Å². The number of hydrogen-bond acceptors (Lipinski definition) is 3. The Kier molecular flexibility index (Phi) is 4.16. The molecule has 3 rings (SSSR count). The third kappa shape index (κ3) is 3.05. The summed E-state index contributed by atoms with van der Waals surface area (Å²) in [6, 6.07) is 9.94. The lowest BCUT2D eigenvalue weighted by molar-refractivity contribution is -0.131. The molecule has 0 atom stereocenters. The highest BCUT2D eigenvalue weighted by molar-refractivity contribution is 5.79. The minimum atomic E-state index is -0.722. The lowest BCUT2D eigenvalue weighted by Crippen LogP contribution is -2.32. The van der Waals surface area contributed by atoms with Gasteiger partial charge < -0.3 is 9.32 Å². The van der Waals surface area contributed by atoms with E-state index in [1.54, 1.807) is 24.3 Å². The highest BCUT2D eigenvalue weighted by Crippen LogP contribution is 2.14. The Balaban J connectivity index is 1.78. The van der Waals surface area contributed by atoms with Crippen molar-refractivity contribution in [1.29, 1.82) is 0 Å². The fourth-order valence-corrected chi connectivity index (χ4v) is 2.41. The van der Waals surface area contributed by atoms with E-state index in [4.69, 9.17) is 4.42 Å². The molecule has 124 valence electrons. The first-order valence-electron chi connectivity index (χ1n) is 7.22. The van der Waals surface area contributed by atoms with Crippen LogP contribution in [0.5, 0.6) is 0 Å². The predicted octanol–water partition coefficient (Wildman–Crippen LogP) is 2.53. The number of benzene rings is 2. The second kappa shape index (κ2) is 6.27. The van der Waals surface area contributed by atoms with Gasteiger partial charge in [0.15, 0.2) is 5.58 Å². The Morgan fingerprint density at radius 2 is 1.96 bits per heavy atom. The van der Waals surface area contributed by atoms with Crippen LogP contribution in [0, 0.1) is 11.6 Å². The van der Waals surface area contributed by atoms with E-state index < -0.39 is 23.3 Å². The van der Waals surface area contributed by atoms with E-state index in [0.717, 1.165) is 12.1 Å². The molecule has 0 fully saturated rings. The summed E-state index contributed by atoms with van der Waals surface area (Å²) in [6.45, 7) is -0.259. The Labute approximate surface area is 135 Å². The summed E-state index contributed by atoms with van der Waals surface area (Å²) in [7, 11) is 1.48. The first kappa shape index (κ1) is 15.9. The first-order valence-corrected chi connectivity index (χ1v) is 7.22. The molecule has 2 aromatic carbocycles. The van der Waals surface area contributed by atoms with Crippen molar-refractivity contribution < 1.29 is 18.0 Å². The predicted molar refractivity (Wildman–Crippen MR) is 83.3 cm³/mol. The van der Waals surface area contributed by atoms with Crippen LogP contribution in [0.15, 0.2) is 51.7 Å². The number of nitrogens with zero attached hydrogens (tertiary/aromatic N) is 2. The van der Waals surface area contributed by atoms with Crippen LogP contribution >= 0.6 is 0 Å². The smallest absolute Gasteiger partial charge is 0.408 e. The second-order valence-corrected chi connectivity index (χ2v) is 5.41.